The van der Waals surface area contributed by atoms with E-state index in [0.717, 1.165) is 42.6 Å². The molecule has 1 heterocycles. The molecule has 2 unspecified atom stereocenters. The lowest BCUT2D eigenvalue weighted by Gasteiger charge is -2.27. The Hall–Kier alpha value is -2.04. The zero-order valence-electron chi connectivity index (χ0n) is 16.2. The number of hydrogen-bond donors (Lipinski definition) is 1. The highest BCUT2D eigenvalue weighted by molar-refractivity contribution is 5.90. The Kier molecular flexibility index (Phi) is 5.54. The monoisotopic (exact) mass is 358 g/mol. The maximum absolute atomic E-state index is 13.0. The lowest BCUT2D eigenvalue weighted by Crippen LogP contribution is -2.50. The van der Waals surface area contributed by atoms with Crippen LogP contribution in [0.5, 0.6) is 5.75 Å². The Balaban J connectivity index is 1.69. The fourth-order valence-corrected chi connectivity index (χ4v) is 3.52. The summed E-state index contributed by atoms with van der Waals surface area (Å²) in [7, 11) is 0. The van der Waals surface area contributed by atoms with Crippen molar-refractivity contribution in [3.8, 4) is 5.75 Å². The molecule has 1 saturated heterocycles. The SMILES string of the molecule is Cc1ccc(C(C)C)c(OC(C)C(=O)N2CCCC2C(=O)NC2CC2)c1. The van der Waals surface area contributed by atoms with E-state index in [0.29, 0.717) is 18.5 Å². The smallest absolute Gasteiger partial charge is 0.264 e. The maximum atomic E-state index is 13.0. The molecule has 5 heteroatoms. The summed E-state index contributed by atoms with van der Waals surface area (Å²) < 4.78 is 6.06. The fourth-order valence-electron chi connectivity index (χ4n) is 3.52. The predicted octanol–water partition coefficient (Wildman–Crippen LogP) is 3.16. The second kappa shape index (κ2) is 7.68. The second-order valence-electron chi connectivity index (χ2n) is 7.93. The van der Waals surface area contributed by atoms with Crippen LogP contribution < -0.4 is 10.1 Å². The molecule has 3 rings (SSSR count). The van der Waals surface area contributed by atoms with Gasteiger partial charge >= 0.3 is 0 Å². The highest BCUT2D eigenvalue weighted by Gasteiger charge is 2.38. The minimum absolute atomic E-state index is 0.0102. The van der Waals surface area contributed by atoms with Crippen LogP contribution in [-0.2, 0) is 9.59 Å². The van der Waals surface area contributed by atoms with Crippen molar-refractivity contribution in [1.29, 1.82) is 0 Å². The highest BCUT2D eigenvalue weighted by atomic mass is 16.5. The zero-order valence-corrected chi connectivity index (χ0v) is 16.2. The zero-order chi connectivity index (χ0) is 18.8. The molecular formula is C21H30N2O3. The molecule has 2 fully saturated rings. The first-order valence-electron chi connectivity index (χ1n) is 9.75. The number of aryl methyl sites for hydroxylation is 1. The molecule has 1 aliphatic carbocycles. The van der Waals surface area contributed by atoms with Crippen molar-refractivity contribution < 1.29 is 14.3 Å². The molecule has 1 N–H and O–H groups in total. The van der Waals surface area contributed by atoms with Gasteiger partial charge in [0, 0.05) is 12.6 Å². The van der Waals surface area contributed by atoms with E-state index in [1.165, 1.54) is 0 Å². The van der Waals surface area contributed by atoms with Gasteiger partial charge in [0.25, 0.3) is 5.91 Å². The third-order valence-electron chi connectivity index (χ3n) is 5.20. The van der Waals surface area contributed by atoms with Crippen molar-refractivity contribution >= 4 is 11.8 Å². The summed E-state index contributed by atoms with van der Waals surface area (Å²) in [5, 5.41) is 3.03. The van der Waals surface area contributed by atoms with Crippen LogP contribution in [0.15, 0.2) is 18.2 Å². The van der Waals surface area contributed by atoms with E-state index < -0.39 is 6.10 Å². The number of nitrogens with zero attached hydrogens (tertiary/aromatic N) is 1. The maximum Gasteiger partial charge on any atom is 0.264 e. The second-order valence-corrected chi connectivity index (χ2v) is 7.93. The summed E-state index contributed by atoms with van der Waals surface area (Å²) in [5.74, 6) is 0.967. The van der Waals surface area contributed by atoms with Crippen LogP contribution in [0.3, 0.4) is 0 Å². The fraction of sp³-hybridized carbons (Fsp3) is 0.619. The van der Waals surface area contributed by atoms with Crippen LogP contribution in [-0.4, -0.2) is 41.4 Å². The molecule has 1 aliphatic heterocycles. The number of nitrogens with one attached hydrogen (secondary N) is 1. The number of likely N-dealkylation sites (tertiary alicyclic amines) is 1. The summed E-state index contributed by atoms with van der Waals surface area (Å²) in [6.07, 6.45) is 3.10. The lowest BCUT2D eigenvalue weighted by atomic mass is 10.0. The van der Waals surface area contributed by atoms with Crippen molar-refractivity contribution in [1.82, 2.24) is 10.2 Å². The van der Waals surface area contributed by atoms with E-state index in [4.69, 9.17) is 4.74 Å². The van der Waals surface area contributed by atoms with Gasteiger partial charge in [-0.15, -0.1) is 0 Å². The van der Waals surface area contributed by atoms with Gasteiger partial charge in [-0.3, -0.25) is 9.59 Å². The van der Waals surface area contributed by atoms with Gasteiger partial charge in [-0.05, 0) is 62.6 Å². The van der Waals surface area contributed by atoms with E-state index >= 15 is 0 Å². The number of carbonyl (C=O) groups is 2. The van der Waals surface area contributed by atoms with Crippen molar-refractivity contribution in [2.45, 2.75) is 77.5 Å². The summed E-state index contributed by atoms with van der Waals surface area (Å²) in [6.45, 7) is 8.65. The molecule has 26 heavy (non-hydrogen) atoms. The molecular weight excluding hydrogens is 328 g/mol. The topological polar surface area (TPSA) is 58.6 Å². The lowest BCUT2D eigenvalue weighted by molar-refractivity contribution is -0.143. The average Bonchev–Trinajstić information content (AvgIpc) is 3.25. The number of carbonyl (C=O) groups excluding carboxylic acids is 2. The minimum Gasteiger partial charge on any atom is -0.481 e. The van der Waals surface area contributed by atoms with Crippen LogP contribution in [0.4, 0.5) is 0 Å². The van der Waals surface area contributed by atoms with E-state index in [9.17, 15) is 9.59 Å². The molecule has 1 aromatic rings. The number of benzene rings is 1. The molecule has 0 radical (unpaired) electrons. The Morgan fingerprint density at radius 3 is 2.58 bits per heavy atom. The van der Waals surface area contributed by atoms with E-state index in [-0.39, 0.29) is 17.9 Å². The van der Waals surface area contributed by atoms with Crippen LogP contribution >= 0.6 is 0 Å². The number of rotatable bonds is 6. The molecule has 2 atom stereocenters. The normalized spacial score (nSPS) is 21.0. The molecule has 0 aromatic heterocycles. The van der Waals surface area contributed by atoms with Crippen LogP contribution in [0, 0.1) is 6.92 Å². The van der Waals surface area contributed by atoms with Crippen molar-refractivity contribution in [3.05, 3.63) is 29.3 Å². The molecule has 142 valence electrons. The van der Waals surface area contributed by atoms with Gasteiger partial charge in [-0.25, -0.2) is 0 Å². The minimum atomic E-state index is -0.608. The summed E-state index contributed by atoms with van der Waals surface area (Å²) in [5.41, 5.74) is 2.20. The Morgan fingerprint density at radius 1 is 1.19 bits per heavy atom. The van der Waals surface area contributed by atoms with Crippen LogP contribution in [0.2, 0.25) is 0 Å². The van der Waals surface area contributed by atoms with Crippen molar-refractivity contribution in [3.63, 3.8) is 0 Å². The number of ether oxygens (including phenoxy) is 1. The number of hydrogen-bond acceptors (Lipinski definition) is 3. The first kappa shape index (κ1) is 18.7. The first-order valence-corrected chi connectivity index (χ1v) is 9.75. The van der Waals surface area contributed by atoms with Crippen molar-refractivity contribution in [2.75, 3.05) is 6.54 Å². The van der Waals surface area contributed by atoms with Gasteiger partial charge in [0.05, 0.1) is 0 Å². The quantitative estimate of drug-likeness (QED) is 0.850. The van der Waals surface area contributed by atoms with Crippen molar-refractivity contribution in [2.24, 2.45) is 0 Å². The highest BCUT2D eigenvalue weighted by Crippen LogP contribution is 2.29. The van der Waals surface area contributed by atoms with E-state index in [1.807, 2.05) is 13.0 Å². The summed E-state index contributed by atoms with van der Waals surface area (Å²) in [6, 6.07) is 6.08. The average molecular weight is 358 g/mol. The van der Waals surface area contributed by atoms with Crippen LogP contribution in [0.25, 0.3) is 0 Å². The van der Waals surface area contributed by atoms with Gasteiger partial charge < -0.3 is 15.0 Å². The molecule has 5 nitrogen and oxygen atoms in total. The predicted molar refractivity (Wildman–Crippen MR) is 101 cm³/mol. The largest absolute Gasteiger partial charge is 0.481 e. The Labute approximate surface area is 156 Å². The first-order chi connectivity index (χ1) is 12.4. The van der Waals surface area contributed by atoms with Gasteiger partial charge in [-0.1, -0.05) is 26.0 Å². The third-order valence-corrected chi connectivity index (χ3v) is 5.20. The van der Waals surface area contributed by atoms with E-state index in [2.05, 4.69) is 31.3 Å². The Morgan fingerprint density at radius 2 is 1.92 bits per heavy atom. The Bertz CT molecular complexity index is 682. The third kappa shape index (κ3) is 4.19. The standard InChI is InChI=1S/C21H30N2O3/c1-13(2)17-10-7-14(3)12-19(17)26-15(4)21(25)23-11-5-6-18(23)20(24)22-16-8-9-16/h7,10,12-13,15-16,18H,5-6,8-9,11H2,1-4H3,(H,22,24). The van der Waals surface area contributed by atoms with Crippen LogP contribution in [0.1, 0.15) is 63.5 Å². The van der Waals surface area contributed by atoms with Gasteiger partial charge in [0.2, 0.25) is 5.91 Å². The molecule has 2 amide bonds. The van der Waals surface area contributed by atoms with E-state index in [1.54, 1.807) is 11.8 Å². The molecule has 2 aliphatic rings. The summed E-state index contributed by atoms with van der Waals surface area (Å²) in [4.78, 5) is 27.1. The molecule has 1 aromatic carbocycles. The molecule has 0 bridgehead atoms. The number of amides is 2. The van der Waals surface area contributed by atoms with Gasteiger partial charge in [-0.2, -0.15) is 0 Å². The summed E-state index contributed by atoms with van der Waals surface area (Å²) >= 11 is 0. The van der Waals surface area contributed by atoms with Gasteiger partial charge in [0.1, 0.15) is 11.8 Å². The van der Waals surface area contributed by atoms with Gasteiger partial charge in [0.15, 0.2) is 6.10 Å². The molecule has 0 spiro atoms. The molecule has 1 saturated carbocycles.